The Morgan fingerprint density at radius 3 is 2.22 bits per heavy atom. The summed E-state index contributed by atoms with van der Waals surface area (Å²) in [6.45, 7) is 14.2. The molecule has 2 unspecified atom stereocenters. The third-order valence-electron chi connectivity index (χ3n) is 13.9. The first kappa shape index (κ1) is 51.2. The number of hydrogen-bond donors (Lipinski definition) is 5. The number of carbonyl (C=O) groups excluding carboxylic acids is 7. The summed E-state index contributed by atoms with van der Waals surface area (Å²) in [6, 6.07) is 2.17. The van der Waals surface area contributed by atoms with Gasteiger partial charge in [0.05, 0.1) is 38.8 Å². The molecule has 4 heterocycles. The minimum absolute atomic E-state index is 0.0157. The first-order valence-corrected chi connectivity index (χ1v) is 24.8. The number of fused-ring (bicyclic) bond motifs is 2. The van der Waals surface area contributed by atoms with Crippen molar-refractivity contribution in [2.75, 3.05) is 56.7 Å². The summed E-state index contributed by atoms with van der Waals surface area (Å²) >= 11 is 0. The van der Waals surface area contributed by atoms with Crippen LogP contribution < -0.4 is 26.6 Å². The number of esters is 1. The SMILES string of the molecule is CC(C)(C)OC(=O)[C@@H]1C2CCC[C@H]2CN1C(=O)[C@@H](NC(=O)[C@@H](NC(=O)c1cnc(NCCOCCOCCNc2cccc3c2CN(C2CCC(=O)NC2=O)C3=O)cn1)C1CCCCC1)C(C)(C)C. The van der Waals surface area contributed by atoms with Gasteiger partial charge in [-0.05, 0) is 88.2 Å². The molecular weight excluding hydrogens is 887 g/mol. The highest BCUT2D eigenvalue weighted by Crippen LogP contribution is 2.44. The van der Waals surface area contributed by atoms with Gasteiger partial charge in [0, 0.05) is 49.4 Å². The summed E-state index contributed by atoms with van der Waals surface area (Å²) in [5, 5.41) is 14.8. The number of piperidine rings is 1. The van der Waals surface area contributed by atoms with E-state index in [1.807, 2.05) is 47.6 Å². The molecule has 6 atom stereocenters. The molecule has 6 amide bonds. The molecule has 2 saturated carbocycles. The second-order valence-electron chi connectivity index (χ2n) is 21.1. The van der Waals surface area contributed by atoms with E-state index in [0.29, 0.717) is 63.9 Å². The normalized spacial score (nSPS) is 22.6. The maximum Gasteiger partial charge on any atom is 0.329 e. The van der Waals surface area contributed by atoms with Crippen LogP contribution in [0.1, 0.15) is 132 Å². The Kier molecular flexibility index (Phi) is 16.6. The van der Waals surface area contributed by atoms with Crippen LogP contribution in [0, 0.1) is 23.2 Å². The predicted molar refractivity (Wildman–Crippen MR) is 255 cm³/mol. The monoisotopic (exact) mass is 958 g/mol. The third kappa shape index (κ3) is 12.8. The number of nitrogens with zero attached hydrogens (tertiary/aromatic N) is 4. The lowest BCUT2D eigenvalue weighted by Gasteiger charge is -2.38. The van der Waals surface area contributed by atoms with Crippen molar-refractivity contribution in [3.63, 3.8) is 0 Å². The van der Waals surface area contributed by atoms with Crippen molar-refractivity contribution in [3.05, 3.63) is 47.4 Å². The van der Waals surface area contributed by atoms with Gasteiger partial charge in [0.25, 0.3) is 11.8 Å². The lowest BCUT2D eigenvalue weighted by Crippen LogP contribution is -2.61. The molecule has 1 aromatic heterocycles. The lowest BCUT2D eigenvalue weighted by molar-refractivity contribution is -0.165. The molecule has 4 fully saturated rings. The molecule has 0 bridgehead atoms. The number of benzene rings is 1. The Bertz CT molecular complexity index is 2200. The standard InChI is InChI=1S/C50H71N9O10/c1-49(2,3)42(47(65)59-28-31-14-10-15-32(31)41(59)48(66)69-50(4,5)6)57-45(63)40(30-12-8-7-9-13-30)56-43(61)36-26-54-38(27-53-36)52-21-23-68-25-24-67-22-20-51-35-17-11-16-33-34(35)29-58(46(33)64)37-18-19-39(60)55-44(37)62/h11,16-17,26-27,30-32,37,40-42,51H,7-10,12-15,18-25,28-29H2,1-6H3,(H,52,54)(H,56,61)(H,57,63)(H,55,60,62)/t31-,32?,37?,40-,41-,42+/m0/s1. The van der Waals surface area contributed by atoms with Crippen molar-refractivity contribution in [1.29, 1.82) is 0 Å². The molecule has 7 rings (SSSR count). The highest BCUT2D eigenvalue weighted by Gasteiger charge is 2.53. The van der Waals surface area contributed by atoms with Crippen LogP contribution in [-0.4, -0.2) is 137 Å². The maximum atomic E-state index is 14.6. The van der Waals surface area contributed by atoms with Gasteiger partial charge >= 0.3 is 5.97 Å². The quantitative estimate of drug-likeness (QED) is 0.0761. The number of anilines is 2. The molecule has 2 aromatic rings. The van der Waals surface area contributed by atoms with E-state index in [9.17, 15) is 33.6 Å². The van der Waals surface area contributed by atoms with E-state index in [0.717, 1.165) is 62.6 Å². The molecular formula is C50H71N9O10. The maximum absolute atomic E-state index is 14.6. The lowest BCUT2D eigenvalue weighted by atomic mass is 9.82. The first-order chi connectivity index (χ1) is 32.9. The largest absolute Gasteiger partial charge is 0.458 e. The molecule has 0 spiro atoms. The van der Waals surface area contributed by atoms with E-state index in [2.05, 4.69) is 36.6 Å². The van der Waals surface area contributed by atoms with Gasteiger partial charge in [0.1, 0.15) is 41.3 Å². The zero-order chi connectivity index (χ0) is 49.5. The van der Waals surface area contributed by atoms with Crippen molar-refractivity contribution in [2.45, 2.75) is 142 Å². The molecule has 1 aromatic carbocycles. The number of imide groups is 1. The average molecular weight is 958 g/mol. The van der Waals surface area contributed by atoms with Gasteiger partial charge in [-0.3, -0.25) is 34.1 Å². The molecule has 3 aliphatic heterocycles. The summed E-state index contributed by atoms with van der Waals surface area (Å²) in [4.78, 5) is 105. The first-order valence-electron chi connectivity index (χ1n) is 24.8. The number of rotatable bonds is 19. The van der Waals surface area contributed by atoms with E-state index >= 15 is 0 Å². The molecule has 0 radical (unpaired) electrons. The zero-order valence-corrected chi connectivity index (χ0v) is 41.0. The van der Waals surface area contributed by atoms with Gasteiger partial charge in [0.2, 0.25) is 23.6 Å². The van der Waals surface area contributed by atoms with Crippen LogP contribution in [0.5, 0.6) is 0 Å². The van der Waals surface area contributed by atoms with Gasteiger partial charge in [-0.15, -0.1) is 0 Å². The topological polar surface area (TPSA) is 240 Å². The van der Waals surface area contributed by atoms with Crippen molar-refractivity contribution in [3.8, 4) is 0 Å². The summed E-state index contributed by atoms with van der Waals surface area (Å²) in [5.41, 5.74) is 0.764. The molecule has 69 heavy (non-hydrogen) atoms. The van der Waals surface area contributed by atoms with E-state index in [4.69, 9.17) is 14.2 Å². The minimum atomic E-state index is -0.957. The fraction of sp³-hybridized carbons (Fsp3) is 0.660. The summed E-state index contributed by atoms with van der Waals surface area (Å²) < 4.78 is 17.3. The molecule has 19 heteroatoms. The minimum Gasteiger partial charge on any atom is -0.458 e. The number of hydrogen-bond acceptors (Lipinski definition) is 14. The number of amides is 6. The van der Waals surface area contributed by atoms with Gasteiger partial charge in [-0.2, -0.15) is 0 Å². The van der Waals surface area contributed by atoms with E-state index in [1.54, 1.807) is 17.0 Å². The van der Waals surface area contributed by atoms with E-state index in [-0.39, 0.29) is 54.1 Å². The predicted octanol–water partition coefficient (Wildman–Crippen LogP) is 3.97. The Morgan fingerprint density at radius 2 is 1.55 bits per heavy atom. The average Bonchev–Trinajstić information content (AvgIpc) is 4.01. The van der Waals surface area contributed by atoms with Crippen LogP contribution in [0.4, 0.5) is 11.5 Å². The van der Waals surface area contributed by atoms with Crippen LogP contribution in [0.2, 0.25) is 0 Å². The number of nitrogens with one attached hydrogen (secondary N) is 5. The Hall–Kier alpha value is -5.69. The van der Waals surface area contributed by atoms with Gasteiger partial charge < -0.3 is 45.3 Å². The second-order valence-corrected chi connectivity index (χ2v) is 21.1. The third-order valence-corrected chi connectivity index (χ3v) is 13.9. The zero-order valence-electron chi connectivity index (χ0n) is 41.0. The van der Waals surface area contributed by atoms with Gasteiger partial charge in [0.15, 0.2) is 0 Å². The highest BCUT2D eigenvalue weighted by atomic mass is 16.6. The number of likely N-dealkylation sites (tertiary alicyclic amines) is 1. The Labute approximate surface area is 404 Å². The van der Waals surface area contributed by atoms with Crippen molar-refractivity contribution < 1.29 is 47.8 Å². The molecule has 5 N–H and O–H groups in total. The summed E-state index contributed by atoms with van der Waals surface area (Å²) in [6.07, 6.45) is 10.5. The van der Waals surface area contributed by atoms with Gasteiger partial charge in [-0.1, -0.05) is 52.5 Å². The number of ether oxygens (including phenoxy) is 3. The molecule has 5 aliphatic rings. The number of aromatic nitrogens is 2. The van der Waals surface area contributed by atoms with Crippen molar-refractivity contribution >= 4 is 52.9 Å². The Balaban J connectivity index is 0.845. The van der Waals surface area contributed by atoms with Gasteiger partial charge in [-0.25, -0.2) is 14.8 Å². The number of carbonyl (C=O) groups is 7. The fourth-order valence-corrected chi connectivity index (χ4v) is 10.4. The fourth-order valence-electron chi connectivity index (χ4n) is 10.4. The van der Waals surface area contributed by atoms with E-state index < -0.39 is 58.9 Å². The molecule has 19 nitrogen and oxygen atoms in total. The van der Waals surface area contributed by atoms with Crippen LogP contribution in [0.15, 0.2) is 30.6 Å². The van der Waals surface area contributed by atoms with Crippen LogP contribution >= 0.6 is 0 Å². The van der Waals surface area contributed by atoms with Crippen LogP contribution in [0.3, 0.4) is 0 Å². The molecule has 2 aliphatic carbocycles. The van der Waals surface area contributed by atoms with Crippen molar-refractivity contribution in [2.24, 2.45) is 23.2 Å². The smallest absolute Gasteiger partial charge is 0.329 e. The molecule has 2 saturated heterocycles. The summed E-state index contributed by atoms with van der Waals surface area (Å²) in [7, 11) is 0. The van der Waals surface area contributed by atoms with E-state index in [1.165, 1.54) is 17.3 Å². The molecule has 376 valence electrons. The van der Waals surface area contributed by atoms with Crippen LogP contribution in [0.25, 0.3) is 0 Å². The Morgan fingerprint density at radius 1 is 0.826 bits per heavy atom. The summed E-state index contributed by atoms with van der Waals surface area (Å²) in [5.74, 6) is -2.19. The van der Waals surface area contributed by atoms with Crippen molar-refractivity contribution in [1.82, 2.24) is 35.7 Å². The second kappa shape index (κ2) is 22.4. The highest BCUT2D eigenvalue weighted by molar-refractivity contribution is 6.06. The van der Waals surface area contributed by atoms with Crippen LogP contribution in [-0.2, 0) is 44.7 Å².